The Morgan fingerprint density at radius 3 is 1.90 bits per heavy atom. The number of carbonyl (C=O) groups is 4. The Morgan fingerprint density at radius 1 is 0.659 bits per heavy atom. The molecule has 0 fully saturated rings. The van der Waals surface area contributed by atoms with Crippen LogP contribution in [0.2, 0.25) is 0 Å². The number of hydrogen-bond donors (Lipinski definition) is 1. The second-order valence-corrected chi connectivity index (χ2v) is 12.5. The smallest absolute Gasteiger partial charge is 0.306 e. The number of Topliss-reactive ketones (excluding diaryl/α,β-unsaturated/α-hetero) is 2. The van der Waals surface area contributed by atoms with Gasteiger partial charge in [0.25, 0.3) is 0 Å². The number of rotatable bonds is 18. The fraction of sp³-hybridized carbons (Fsp3) is 0.333. The predicted molar refractivity (Wildman–Crippen MR) is 168 cm³/mol. The highest BCUT2D eigenvalue weighted by Gasteiger charge is 2.08. The maximum absolute atomic E-state index is 12.3. The van der Waals surface area contributed by atoms with Crippen molar-refractivity contribution in [3.63, 3.8) is 0 Å². The van der Waals surface area contributed by atoms with Crippen LogP contribution in [0.1, 0.15) is 54.9 Å². The fourth-order valence-corrected chi connectivity index (χ4v) is 5.93. The van der Waals surface area contributed by atoms with Gasteiger partial charge in [0, 0.05) is 49.3 Å². The molecule has 0 saturated heterocycles. The van der Waals surface area contributed by atoms with E-state index in [0.717, 1.165) is 34.4 Å². The van der Waals surface area contributed by atoms with Gasteiger partial charge in [0.2, 0.25) is 5.91 Å². The third-order valence-corrected chi connectivity index (χ3v) is 8.66. The Balaban J connectivity index is 1.22. The van der Waals surface area contributed by atoms with Crippen LogP contribution in [0.3, 0.4) is 0 Å². The lowest BCUT2D eigenvalue weighted by atomic mass is 10.0. The zero-order valence-corrected chi connectivity index (χ0v) is 25.1. The molecule has 0 heterocycles. The fourth-order valence-electron chi connectivity index (χ4n) is 3.90. The Morgan fingerprint density at radius 2 is 1.24 bits per heavy atom. The van der Waals surface area contributed by atoms with Crippen molar-refractivity contribution in [2.45, 2.75) is 58.5 Å². The van der Waals surface area contributed by atoms with Gasteiger partial charge in [-0.25, -0.2) is 0 Å². The Kier molecular flexibility index (Phi) is 14.2. The van der Waals surface area contributed by atoms with E-state index in [1.807, 2.05) is 78.9 Å². The zero-order valence-electron chi connectivity index (χ0n) is 23.4. The second-order valence-electron chi connectivity index (χ2n) is 9.77. The van der Waals surface area contributed by atoms with Crippen LogP contribution in [0.5, 0.6) is 0 Å². The number of nitrogens with one attached hydrogen (secondary N) is 1. The number of benzene rings is 3. The monoisotopic (exact) mass is 591 g/mol. The standard InChI is InChI=1S/C33H37NO5S2/c1-25(35)7-8-26-9-11-28(12-10-26)23-31(36)19-21-40-41-22-20-32(37)34-30-16-13-27(14-17-30)15-18-33(38)39-24-29-5-3-2-4-6-29/h2-6,9-14,16-17H,7-8,15,18-24H2,1H3,(H,34,37). The lowest BCUT2D eigenvalue weighted by Crippen LogP contribution is -2.12. The van der Waals surface area contributed by atoms with Gasteiger partial charge in [-0.2, -0.15) is 0 Å². The molecule has 0 aliphatic carbocycles. The van der Waals surface area contributed by atoms with E-state index in [4.69, 9.17) is 4.74 Å². The van der Waals surface area contributed by atoms with Crippen molar-refractivity contribution in [1.29, 1.82) is 0 Å². The van der Waals surface area contributed by atoms with Crippen LogP contribution >= 0.6 is 21.6 Å². The minimum absolute atomic E-state index is 0.0573. The molecule has 0 atom stereocenters. The summed E-state index contributed by atoms with van der Waals surface area (Å²) in [5, 5.41) is 2.90. The van der Waals surface area contributed by atoms with Gasteiger partial charge in [0.1, 0.15) is 18.2 Å². The molecule has 0 aromatic heterocycles. The molecule has 0 spiro atoms. The first-order valence-electron chi connectivity index (χ1n) is 13.8. The minimum Gasteiger partial charge on any atom is -0.461 e. The summed E-state index contributed by atoms with van der Waals surface area (Å²) in [5.41, 5.74) is 4.79. The number of hydrogen-bond acceptors (Lipinski definition) is 7. The van der Waals surface area contributed by atoms with Crippen LogP contribution < -0.4 is 5.32 Å². The average molecular weight is 592 g/mol. The zero-order chi connectivity index (χ0) is 29.3. The molecule has 1 amide bonds. The normalized spacial score (nSPS) is 10.7. The maximum Gasteiger partial charge on any atom is 0.306 e. The largest absolute Gasteiger partial charge is 0.461 e. The summed E-state index contributed by atoms with van der Waals surface area (Å²) in [6, 6.07) is 25.0. The summed E-state index contributed by atoms with van der Waals surface area (Å²) < 4.78 is 5.32. The van der Waals surface area contributed by atoms with Gasteiger partial charge in [0.15, 0.2) is 0 Å². The van der Waals surface area contributed by atoms with E-state index in [-0.39, 0.29) is 30.0 Å². The highest BCUT2D eigenvalue weighted by atomic mass is 33.1. The highest BCUT2D eigenvalue weighted by molar-refractivity contribution is 8.76. The minimum atomic E-state index is -0.237. The van der Waals surface area contributed by atoms with Crippen molar-refractivity contribution in [3.8, 4) is 0 Å². The molecule has 3 rings (SSSR count). The number of esters is 1. The molecule has 0 unspecified atom stereocenters. The quantitative estimate of drug-likeness (QED) is 0.0989. The van der Waals surface area contributed by atoms with Crippen molar-refractivity contribution in [1.82, 2.24) is 0 Å². The predicted octanol–water partition coefficient (Wildman–Crippen LogP) is 6.80. The number of ketones is 2. The third kappa shape index (κ3) is 13.7. The van der Waals surface area contributed by atoms with E-state index in [2.05, 4.69) is 5.32 Å². The second kappa shape index (κ2) is 18.1. The van der Waals surface area contributed by atoms with Crippen LogP contribution in [0.15, 0.2) is 78.9 Å². The molecule has 0 aliphatic heterocycles. The van der Waals surface area contributed by atoms with Gasteiger partial charge in [0.05, 0.1) is 0 Å². The molecule has 0 radical (unpaired) electrons. The van der Waals surface area contributed by atoms with Crippen LogP contribution in [-0.4, -0.2) is 34.9 Å². The molecule has 0 bridgehead atoms. The van der Waals surface area contributed by atoms with Gasteiger partial charge < -0.3 is 14.8 Å². The Bertz CT molecular complexity index is 1260. The molecular weight excluding hydrogens is 554 g/mol. The molecular formula is C33H37NO5S2. The highest BCUT2D eigenvalue weighted by Crippen LogP contribution is 2.23. The molecule has 3 aromatic carbocycles. The van der Waals surface area contributed by atoms with E-state index in [1.165, 1.54) is 0 Å². The van der Waals surface area contributed by atoms with Crippen molar-refractivity contribution in [2.75, 3.05) is 16.8 Å². The van der Waals surface area contributed by atoms with Crippen LogP contribution in [0.25, 0.3) is 0 Å². The van der Waals surface area contributed by atoms with E-state index < -0.39 is 0 Å². The summed E-state index contributed by atoms with van der Waals surface area (Å²) in [7, 11) is 3.21. The number of anilines is 1. The van der Waals surface area contributed by atoms with E-state index in [0.29, 0.717) is 50.0 Å². The molecule has 8 heteroatoms. The summed E-state index contributed by atoms with van der Waals surface area (Å²) in [5.74, 6) is 1.45. The SMILES string of the molecule is CC(=O)CCc1ccc(CC(=O)CCSSCCC(=O)Nc2ccc(CCC(=O)OCc3ccccc3)cc2)cc1. The van der Waals surface area contributed by atoms with Gasteiger partial charge in [-0.05, 0) is 54.2 Å². The van der Waals surface area contributed by atoms with Gasteiger partial charge in [-0.3, -0.25) is 14.4 Å². The van der Waals surface area contributed by atoms with Gasteiger partial charge in [-0.15, -0.1) is 0 Å². The molecule has 41 heavy (non-hydrogen) atoms. The molecule has 216 valence electrons. The Hall–Kier alpha value is -3.36. The topological polar surface area (TPSA) is 89.5 Å². The average Bonchev–Trinajstić information content (AvgIpc) is 2.97. The number of ether oxygens (including phenoxy) is 1. The molecule has 0 aliphatic rings. The molecule has 1 N–H and O–H groups in total. The first kappa shape index (κ1) is 32.2. The van der Waals surface area contributed by atoms with Crippen LogP contribution in [-0.2, 0) is 49.8 Å². The van der Waals surface area contributed by atoms with Gasteiger partial charge >= 0.3 is 5.97 Å². The van der Waals surface area contributed by atoms with Gasteiger partial charge in [-0.1, -0.05) is 88.3 Å². The lowest BCUT2D eigenvalue weighted by molar-refractivity contribution is -0.145. The van der Waals surface area contributed by atoms with Crippen molar-refractivity contribution < 1.29 is 23.9 Å². The van der Waals surface area contributed by atoms with E-state index in [1.54, 1.807) is 28.5 Å². The summed E-state index contributed by atoms with van der Waals surface area (Å²) in [4.78, 5) is 47.7. The number of amides is 1. The Labute approximate surface area is 250 Å². The summed E-state index contributed by atoms with van der Waals surface area (Å²) in [6.45, 7) is 1.87. The van der Waals surface area contributed by atoms with Crippen molar-refractivity contribution in [2.24, 2.45) is 0 Å². The summed E-state index contributed by atoms with van der Waals surface area (Å²) in [6.07, 6.45) is 3.44. The van der Waals surface area contributed by atoms with E-state index >= 15 is 0 Å². The first-order chi connectivity index (χ1) is 19.9. The molecule has 3 aromatic rings. The number of carbonyl (C=O) groups excluding carboxylic acids is 4. The molecule has 6 nitrogen and oxygen atoms in total. The molecule has 0 saturated carbocycles. The number of aryl methyl sites for hydroxylation is 2. The third-order valence-electron chi connectivity index (χ3n) is 6.25. The van der Waals surface area contributed by atoms with Crippen molar-refractivity contribution in [3.05, 3.63) is 101 Å². The van der Waals surface area contributed by atoms with Crippen LogP contribution in [0.4, 0.5) is 5.69 Å². The lowest BCUT2D eigenvalue weighted by Gasteiger charge is -2.07. The van der Waals surface area contributed by atoms with E-state index in [9.17, 15) is 19.2 Å². The van der Waals surface area contributed by atoms with Crippen LogP contribution in [0, 0.1) is 0 Å². The van der Waals surface area contributed by atoms with Crippen molar-refractivity contribution >= 4 is 50.7 Å². The first-order valence-corrected chi connectivity index (χ1v) is 16.3. The summed E-state index contributed by atoms with van der Waals surface area (Å²) >= 11 is 0. The maximum atomic E-state index is 12.3.